The first kappa shape index (κ1) is 11.7. The first-order chi connectivity index (χ1) is 7.04. The summed E-state index contributed by atoms with van der Waals surface area (Å²) in [6.45, 7) is 8.06. The van der Waals surface area contributed by atoms with E-state index in [0.29, 0.717) is 12.1 Å². The Morgan fingerprint density at radius 3 is 2.87 bits per heavy atom. The minimum absolute atomic E-state index is 0.592. The third kappa shape index (κ3) is 3.07. The molecule has 1 aromatic heterocycles. The minimum Gasteiger partial charge on any atom is -0.379 e. The van der Waals surface area contributed by atoms with Gasteiger partial charge >= 0.3 is 0 Å². The molecule has 0 saturated heterocycles. The van der Waals surface area contributed by atoms with Gasteiger partial charge in [-0.1, -0.05) is 22.5 Å². The van der Waals surface area contributed by atoms with E-state index in [1.807, 2.05) is 19.9 Å². The van der Waals surface area contributed by atoms with Crippen LogP contribution in [0.3, 0.4) is 0 Å². The second kappa shape index (κ2) is 4.94. The van der Waals surface area contributed by atoms with Gasteiger partial charge < -0.3 is 5.32 Å². The summed E-state index contributed by atoms with van der Waals surface area (Å²) in [4.78, 5) is 4.24. The van der Waals surface area contributed by atoms with Crippen molar-refractivity contribution in [3.8, 4) is 6.07 Å². The Bertz CT molecular complexity index is 432. The molecule has 3 nitrogen and oxygen atoms in total. The molecular formula is C11H12BrN3. The minimum atomic E-state index is 0.592. The van der Waals surface area contributed by atoms with E-state index in [4.69, 9.17) is 5.26 Å². The number of pyridine rings is 1. The van der Waals surface area contributed by atoms with E-state index in [0.717, 1.165) is 21.6 Å². The molecule has 0 fully saturated rings. The molecule has 0 unspecified atom stereocenters. The number of nitriles is 1. The fourth-order valence-electron chi connectivity index (χ4n) is 1.30. The number of hydrogen-bond acceptors (Lipinski definition) is 3. The Balaban J connectivity index is 3.05. The molecule has 0 bridgehead atoms. The molecule has 15 heavy (non-hydrogen) atoms. The van der Waals surface area contributed by atoms with Crippen LogP contribution in [0.1, 0.15) is 17.0 Å². The van der Waals surface area contributed by atoms with Crippen molar-refractivity contribution in [1.82, 2.24) is 4.98 Å². The largest absolute Gasteiger partial charge is 0.379 e. The van der Waals surface area contributed by atoms with E-state index in [-0.39, 0.29) is 0 Å². The van der Waals surface area contributed by atoms with E-state index in [2.05, 4.69) is 38.9 Å². The van der Waals surface area contributed by atoms with E-state index in [9.17, 15) is 0 Å². The van der Waals surface area contributed by atoms with Crippen LogP contribution in [-0.4, -0.2) is 11.5 Å². The lowest BCUT2D eigenvalue weighted by Gasteiger charge is -2.09. The summed E-state index contributed by atoms with van der Waals surface area (Å²) in [5, 5.41) is 12.1. The quantitative estimate of drug-likeness (QED) is 0.915. The highest BCUT2D eigenvalue weighted by atomic mass is 79.9. The summed E-state index contributed by atoms with van der Waals surface area (Å²) in [6, 6.07) is 4.01. The number of nitrogens with one attached hydrogen (secondary N) is 1. The molecular weight excluding hydrogens is 254 g/mol. The molecule has 0 spiro atoms. The van der Waals surface area contributed by atoms with Gasteiger partial charge in [-0.3, -0.25) is 4.98 Å². The number of anilines is 1. The normalized spacial score (nSPS) is 9.47. The summed E-state index contributed by atoms with van der Waals surface area (Å²) in [6.07, 6.45) is 0. The van der Waals surface area contributed by atoms with Gasteiger partial charge in [0, 0.05) is 16.7 Å². The topological polar surface area (TPSA) is 48.7 Å². The Labute approximate surface area is 98.0 Å². The molecule has 4 heteroatoms. The van der Waals surface area contributed by atoms with Gasteiger partial charge in [0.2, 0.25) is 0 Å². The lowest BCUT2D eigenvalue weighted by molar-refractivity contribution is 1.10. The lowest BCUT2D eigenvalue weighted by atomic mass is 10.1. The van der Waals surface area contributed by atoms with Crippen molar-refractivity contribution < 1.29 is 0 Å². The number of nitrogens with zero attached hydrogens (tertiary/aromatic N) is 2. The lowest BCUT2D eigenvalue weighted by Crippen LogP contribution is -2.05. The zero-order valence-electron chi connectivity index (χ0n) is 8.76. The molecule has 1 aromatic rings. The van der Waals surface area contributed by atoms with Crippen molar-refractivity contribution in [2.45, 2.75) is 13.8 Å². The summed E-state index contributed by atoms with van der Waals surface area (Å²) in [5.74, 6) is 0. The van der Waals surface area contributed by atoms with Crippen molar-refractivity contribution in [2.24, 2.45) is 0 Å². The monoisotopic (exact) mass is 265 g/mol. The second-order valence-corrected chi connectivity index (χ2v) is 4.38. The highest BCUT2D eigenvalue weighted by Crippen LogP contribution is 2.19. The predicted octanol–water partition coefficient (Wildman–Crippen LogP) is 2.89. The zero-order chi connectivity index (χ0) is 11.4. The van der Waals surface area contributed by atoms with Crippen molar-refractivity contribution in [1.29, 1.82) is 5.26 Å². The third-order valence-corrected chi connectivity index (χ3v) is 2.19. The van der Waals surface area contributed by atoms with E-state index in [1.165, 1.54) is 0 Å². The molecule has 1 heterocycles. The van der Waals surface area contributed by atoms with Crippen molar-refractivity contribution in [3.63, 3.8) is 0 Å². The molecule has 0 aromatic carbocycles. The molecule has 0 aliphatic rings. The number of rotatable bonds is 3. The molecule has 0 atom stereocenters. The highest BCUT2D eigenvalue weighted by molar-refractivity contribution is 9.11. The standard InChI is InChI=1S/C11H12BrN3/c1-7(12)6-14-11-4-8(2)15-9(3)10(11)5-13/h4H,1,6H2,2-3H3,(H,14,15). The van der Waals surface area contributed by atoms with Crippen LogP contribution in [0.15, 0.2) is 17.1 Å². The summed E-state index contributed by atoms with van der Waals surface area (Å²) < 4.78 is 0.846. The second-order valence-electron chi connectivity index (χ2n) is 3.25. The van der Waals surface area contributed by atoms with Gasteiger partial charge in [0.25, 0.3) is 0 Å². The van der Waals surface area contributed by atoms with Crippen molar-refractivity contribution >= 4 is 21.6 Å². The average molecular weight is 266 g/mol. The number of aryl methyl sites for hydroxylation is 2. The fourth-order valence-corrected chi connectivity index (χ4v) is 1.44. The van der Waals surface area contributed by atoms with Crippen LogP contribution in [0.5, 0.6) is 0 Å². The summed E-state index contributed by atoms with van der Waals surface area (Å²) in [7, 11) is 0. The Hall–Kier alpha value is -1.34. The molecule has 78 valence electrons. The first-order valence-electron chi connectivity index (χ1n) is 4.50. The maximum Gasteiger partial charge on any atom is 0.103 e. The Morgan fingerprint density at radius 2 is 2.33 bits per heavy atom. The average Bonchev–Trinajstić information content (AvgIpc) is 2.13. The van der Waals surface area contributed by atoms with Crippen LogP contribution < -0.4 is 5.32 Å². The number of halogens is 1. The van der Waals surface area contributed by atoms with Crippen LogP contribution in [0.25, 0.3) is 0 Å². The molecule has 0 aliphatic heterocycles. The Kier molecular flexibility index (Phi) is 3.87. The molecule has 0 saturated carbocycles. The summed E-state index contributed by atoms with van der Waals surface area (Å²) >= 11 is 3.26. The van der Waals surface area contributed by atoms with Gasteiger partial charge in [-0.25, -0.2) is 0 Å². The van der Waals surface area contributed by atoms with E-state index >= 15 is 0 Å². The number of hydrogen-bond donors (Lipinski definition) is 1. The summed E-state index contributed by atoms with van der Waals surface area (Å²) in [5.41, 5.74) is 3.05. The van der Waals surface area contributed by atoms with Gasteiger partial charge in [-0.2, -0.15) is 5.26 Å². The number of aromatic nitrogens is 1. The van der Waals surface area contributed by atoms with Gasteiger partial charge in [0.1, 0.15) is 6.07 Å². The highest BCUT2D eigenvalue weighted by Gasteiger charge is 2.07. The maximum absolute atomic E-state index is 8.99. The molecule has 1 rings (SSSR count). The van der Waals surface area contributed by atoms with Crippen LogP contribution in [0.2, 0.25) is 0 Å². The van der Waals surface area contributed by atoms with Gasteiger partial charge in [-0.05, 0) is 19.9 Å². The fraction of sp³-hybridized carbons (Fsp3) is 0.273. The SMILES string of the molecule is C=C(Br)CNc1cc(C)nc(C)c1C#N. The van der Waals surface area contributed by atoms with Crippen LogP contribution in [0.4, 0.5) is 5.69 Å². The van der Waals surface area contributed by atoms with E-state index < -0.39 is 0 Å². The maximum atomic E-state index is 8.99. The molecule has 0 aliphatic carbocycles. The van der Waals surface area contributed by atoms with Gasteiger partial charge in [0.15, 0.2) is 0 Å². The first-order valence-corrected chi connectivity index (χ1v) is 5.29. The van der Waals surface area contributed by atoms with Gasteiger partial charge in [0.05, 0.1) is 16.9 Å². The zero-order valence-corrected chi connectivity index (χ0v) is 10.3. The van der Waals surface area contributed by atoms with Crippen LogP contribution >= 0.6 is 15.9 Å². The molecule has 1 N–H and O–H groups in total. The van der Waals surface area contributed by atoms with Crippen LogP contribution in [-0.2, 0) is 0 Å². The van der Waals surface area contributed by atoms with Gasteiger partial charge in [-0.15, -0.1) is 0 Å². The third-order valence-electron chi connectivity index (χ3n) is 1.91. The predicted molar refractivity (Wildman–Crippen MR) is 65.0 cm³/mol. The Morgan fingerprint density at radius 1 is 1.67 bits per heavy atom. The van der Waals surface area contributed by atoms with Crippen molar-refractivity contribution in [2.75, 3.05) is 11.9 Å². The van der Waals surface area contributed by atoms with E-state index in [1.54, 1.807) is 0 Å². The smallest absolute Gasteiger partial charge is 0.103 e. The van der Waals surface area contributed by atoms with Crippen molar-refractivity contribution in [3.05, 3.63) is 34.1 Å². The van der Waals surface area contributed by atoms with Crippen LogP contribution in [0, 0.1) is 25.2 Å². The molecule has 0 amide bonds. The molecule has 0 radical (unpaired) electrons.